The molecule has 90 valence electrons. The van der Waals surface area contributed by atoms with Crippen molar-refractivity contribution in [3.8, 4) is 0 Å². The number of halogens is 1. The van der Waals surface area contributed by atoms with E-state index in [1.165, 1.54) is 6.07 Å². The molecule has 0 fully saturated rings. The Kier molecular flexibility index (Phi) is 2.77. The number of H-pyrrole nitrogens is 1. The zero-order valence-electron chi connectivity index (χ0n) is 10.5. The van der Waals surface area contributed by atoms with Gasteiger partial charge in [-0.25, -0.2) is 4.39 Å². The number of aromatic nitrogens is 1. The molecule has 2 aromatic rings. The smallest absolute Gasteiger partial charge is 0.193 e. The van der Waals surface area contributed by atoms with Crippen LogP contribution >= 0.6 is 0 Å². The lowest BCUT2D eigenvalue weighted by atomic mass is 9.98. The van der Waals surface area contributed by atoms with E-state index in [-0.39, 0.29) is 17.2 Å². The molecular formula is C14H16FNO. The van der Waals surface area contributed by atoms with Gasteiger partial charge >= 0.3 is 0 Å². The second-order valence-corrected chi connectivity index (χ2v) is 4.74. The first-order valence-corrected chi connectivity index (χ1v) is 5.75. The Hall–Kier alpha value is -1.64. The van der Waals surface area contributed by atoms with Crippen LogP contribution in [0.15, 0.2) is 16.9 Å². The Labute approximate surface area is 99.5 Å². The minimum Gasteiger partial charge on any atom is -0.358 e. The van der Waals surface area contributed by atoms with Gasteiger partial charge in [0.15, 0.2) is 5.43 Å². The van der Waals surface area contributed by atoms with E-state index in [9.17, 15) is 9.18 Å². The number of nitrogens with one attached hydrogen (secondary N) is 1. The van der Waals surface area contributed by atoms with E-state index in [0.717, 1.165) is 11.3 Å². The third kappa shape index (κ3) is 1.75. The molecule has 1 N–H and O–H groups in total. The lowest BCUT2D eigenvalue weighted by molar-refractivity contribution is 0.620. The fourth-order valence-corrected chi connectivity index (χ4v) is 2.30. The van der Waals surface area contributed by atoms with Crippen molar-refractivity contribution in [3.63, 3.8) is 0 Å². The van der Waals surface area contributed by atoms with Crippen molar-refractivity contribution in [1.82, 2.24) is 4.98 Å². The van der Waals surface area contributed by atoms with Crippen molar-refractivity contribution in [1.29, 1.82) is 0 Å². The minimum atomic E-state index is -0.287. The fourth-order valence-electron chi connectivity index (χ4n) is 2.30. The van der Waals surface area contributed by atoms with Gasteiger partial charge in [-0.3, -0.25) is 4.79 Å². The monoisotopic (exact) mass is 233 g/mol. The van der Waals surface area contributed by atoms with Gasteiger partial charge in [-0.15, -0.1) is 0 Å². The highest BCUT2D eigenvalue weighted by molar-refractivity contribution is 5.82. The summed E-state index contributed by atoms with van der Waals surface area (Å²) in [4.78, 5) is 15.5. The summed E-state index contributed by atoms with van der Waals surface area (Å²) in [5.41, 5.74) is 2.72. The maximum absolute atomic E-state index is 13.4. The van der Waals surface area contributed by atoms with Crippen molar-refractivity contribution >= 4 is 10.9 Å². The highest BCUT2D eigenvalue weighted by Gasteiger charge is 2.14. The normalized spacial score (nSPS) is 11.4. The molecule has 0 saturated heterocycles. The number of benzene rings is 1. The van der Waals surface area contributed by atoms with Gasteiger partial charge in [-0.2, -0.15) is 0 Å². The Balaban J connectivity index is 2.96. The van der Waals surface area contributed by atoms with Gasteiger partial charge in [-0.05, 0) is 31.9 Å². The molecule has 1 aromatic carbocycles. The number of fused-ring (bicyclic) bond motifs is 1. The van der Waals surface area contributed by atoms with Crippen LogP contribution in [-0.4, -0.2) is 4.98 Å². The first-order chi connectivity index (χ1) is 7.93. The molecule has 0 aliphatic carbocycles. The molecule has 0 saturated carbocycles. The lowest BCUT2D eigenvalue weighted by Crippen LogP contribution is -2.15. The van der Waals surface area contributed by atoms with Crippen LogP contribution in [0.5, 0.6) is 0 Å². The van der Waals surface area contributed by atoms with E-state index in [1.54, 1.807) is 13.0 Å². The van der Waals surface area contributed by atoms with Gasteiger partial charge in [0.05, 0.1) is 5.52 Å². The highest BCUT2D eigenvalue weighted by Crippen LogP contribution is 2.21. The van der Waals surface area contributed by atoms with Gasteiger partial charge in [0.1, 0.15) is 5.82 Å². The summed E-state index contributed by atoms with van der Waals surface area (Å²) in [6, 6.07) is 2.91. The summed E-state index contributed by atoms with van der Waals surface area (Å²) in [7, 11) is 0. The number of hydrogen-bond acceptors (Lipinski definition) is 1. The SMILES string of the molecule is Cc1[nH]c2c(C)c(F)ccc2c(=O)c1C(C)C. The van der Waals surface area contributed by atoms with E-state index in [1.807, 2.05) is 20.8 Å². The molecule has 0 aliphatic heterocycles. The Morgan fingerprint density at radius 3 is 2.47 bits per heavy atom. The summed E-state index contributed by atoms with van der Waals surface area (Å²) in [6.07, 6.45) is 0. The van der Waals surface area contributed by atoms with Gasteiger partial charge in [0.2, 0.25) is 0 Å². The standard InChI is InChI=1S/C14H16FNO/c1-7(2)12-9(4)16-13-8(3)11(15)6-5-10(13)14(12)17/h5-7H,1-4H3,(H,16,17). The van der Waals surface area contributed by atoms with Crippen molar-refractivity contribution < 1.29 is 4.39 Å². The molecule has 0 spiro atoms. The predicted octanol–water partition coefficient (Wildman–Crippen LogP) is 3.41. The molecule has 2 rings (SSSR count). The molecular weight excluding hydrogens is 217 g/mol. The zero-order valence-corrected chi connectivity index (χ0v) is 10.5. The summed E-state index contributed by atoms with van der Waals surface area (Å²) >= 11 is 0. The average molecular weight is 233 g/mol. The zero-order chi connectivity index (χ0) is 12.7. The van der Waals surface area contributed by atoms with E-state index < -0.39 is 0 Å². The molecule has 0 unspecified atom stereocenters. The van der Waals surface area contributed by atoms with Gasteiger partial charge in [0, 0.05) is 22.2 Å². The summed E-state index contributed by atoms with van der Waals surface area (Å²) in [6.45, 7) is 7.52. The molecule has 1 aromatic heterocycles. The number of aromatic amines is 1. The van der Waals surface area contributed by atoms with Crippen LogP contribution in [0.4, 0.5) is 4.39 Å². The van der Waals surface area contributed by atoms with E-state index in [2.05, 4.69) is 4.98 Å². The molecule has 0 amide bonds. The van der Waals surface area contributed by atoms with Crippen LogP contribution in [0.2, 0.25) is 0 Å². The number of pyridine rings is 1. The average Bonchev–Trinajstić information content (AvgIpc) is 2.23. The van der Waals surface area contributed by atoms with Crippen LogP contribution in [0.25, 0.3) is 10.9 Å². The van der Waals surface area contributed by atoms with Crippen molar-refractivity contribution in [2.75, 3.05) is 0 Å². The molecule has 17 heavy (non-hydrogen) atoms. The fraction of sp³-hybridized carbons (Fsp3) is 0.357. The maximum Gasteiger partial charge on any atom is 0.193 e. The third-order valence-electron chi connectivity index (χ3n) is 3.18. The molecule has 0 radical (unpaired) electrons. The minimum absolute atomic E-state index is 0.00866. The summed E-state index contributed by atoms with van der Waals surface area (Å²) in [5, 5.41) is 0.568. The Morgan fingerprint density at radius 1 is 1.24 bits per heavy atom. The third-order valence-corrected chi connectivity index (χ3v) is 3.18. The molecule has 0 bridgehead atoms. The summed E-state index contributed by atoms with van der Waals surface area (Å²) < 4.78 is 13.4. The van der Waals surface area contributed by atoms with Gasteiger partial charge in [0.25, 0.3) is 0 Å². The predicted molar refractivity (Wildman–Crippen MR) is 68.1 cm³/mol. The number of rotatable bonds is 1. The van der Waals surface area contributed by atoms with Crippen molar-refractivity contribution in [3.05, 3.63) is 45.0 Å². The van der Waals surface area contributed by atoms with Crippen LogP contribution in [0.3, 0.4) is 0 Å². The lowest BCUT2D eigenvalue weighted by Gasteiger charge is -2.12. The van der Waals surface area contributed by atoms with Crippen LogP contribution in [0, 0.1) is 19.7 Å². The highest BCUT2D eigenvalue weighted by atomic mass is 19.1. The molecule has 0 aliphatic rings. The van der Waals surface area contributed by atoms with Gasteiger partial charge in [-0.1, -0.05) is 13.8 Å². The van der Waals surface area contributed by atoms with Crippen molar-refractivity contribution in [2.45, 2.75) is 33.6 Å². The first kappa shape index (κ1) is 11.8. The quantitative estimate of drug-likeness (QED) is 0.804. The van der Waals surface area contributed by atoms with Gasteiger partial charge < -0.3 is 4.98 Å². The Morgan fingerprint density at radius 2 is 1.88 bits per heavy atom. The summed E-state index contributed by atoms with van der Waals surface area (Å²) in [5.74, 6) is -0.127. The number of aryl methyl sites for hydroxylation is 2. The molecule has 0 atom stereocenters. The second kappa shape index (κ2) is 3.99. The van der Waals surface area contributed by atoms with Crippen LogP contribution < -0.4 is 5.43 Å². The molecule has 3 heteroatoms. The molecule has 2 nitrogen and oxygen atoms in total. The van der Waals surface area contributed by atoms with Crippen LogP contribution in [-0.2, 0) is 0 Å². The topological polar surface area (TPSA) is 32.9 Å². The number of hydrogen-bond donors (Lipinski definition) is 1. The second-order valence-electron chi connectivity index (χ2n) is 4.74. The Bertz CT molecular complexity index is 641. The first-order valence-electron chi connectivity index (χ1n) is 5.75. The van der Waals surface area contributed by atoms with E-state index >= 15 is 0 Å². The van der Waals surface area contributed by atoms with E-state index in [0.29, 0.717) is 16.5 Å². The van der Waals surface area contributed by atoms with E-state index in [4.69, 9.17) is 0 Å². The molecule has 1 heterocycles. The van der Waals surface area contributed by atoms with Crippen molar-refractivity contribution in [2.24, 2.45) is 0 Å². The maximum atomic E-state index is 13.4. The van der Waals surface area contributed by atoms with Crippen LogP contribution in [0.1, 0.15) is 36.6 Å². The largest absolute Gasteiger partial charge is 0.358 e.